The molecule has 1 aromatic rings. The van der Waals surface area contributed by atoms with Crippen molar-refractivity contribution in [1.29, 1.82) is 5.26 Å². The summed E-state index contributed by atoms with van der Waals surface area (Å²) in [5.74, 6) is -0.620. The number of nitrogens with zero attached hydrogens (tertiary/aromatic N) is 1. The van der Waals surface area contributed by atoms with Crippen LogP contribution in [0.15, 0.2) is 18.2 Å². The van der Waals surface area contributed by atoms with Gasteiger partial charge in [-0.05, 0) is 17.7 Å². The van der Waals surface area contributed by atoms with Gasteiger partial charge in [-0.25, -0.2) is 0 Å². The zero-order valence-corrected chi connectivity index (χ0v) is 8.85. The lowest BCUT2D eigenvalue weighted by Gasteiger charge is -2.15. The molecule has 0 fully saturated rings. The molecule has 0 aliphatic carbocycles. The molecule has 0 radical (unpaired) electrons. The van der Waals surface area contributed by atoms with E-state index in [1.807, 2.05) is 0 Å². The van der Waals surface area contributed by atoms with Crippen molar-refractivity contribution >= 4 is 5.69 Å². The molecule has 0 aromatic heterocycles. The minimum atomic E-state index is -4.87. The largest absolute Gasteiger partial charge is 0.573 e. The lowest BCUT2D eigenvalue weighted by atomic mass is 10.0. The van der Waals surface area contributed by atoms with Gasteiger partial charge in [0.05, 0.1) is 11.8 Å². The van der Waals surface area contributed by atoms with Gasteiger partial charge in [-0.3, -0.25) is 0 Å². The van der Waals surface area contributed by atoms with Crippen molar-refractivity contribution in [2.45, 2.75) is 18.6 Å². The molecular weight excluding hydrogens is 253 g/mol. The van der Waals surface area contributed by atoms with E-state index in [2.05, 4.69) is 4.74 Å². The van der Waals surface area contributed by atoms with Crippen molar-refractivity contribution in [2.24, 2.45) is 0 Å². The third kappa shape index (κ3) is 3.51. The second-order valence-corrected chi connectivity index (χ2v) is 3.36. The van der Waals surface area contributed by atoms with Gasteiger partial charge >= 0.3 is 6.36 Å². The van der Waals surface area contributed by atoms with Crippen LogP contribution in [-0.2, 0) is 0 Å². The Balaban J connectivity index is 2.96. The fourth-order valence-corrected chi connectivity index (χ4v) is 1.22. The maximum absolute atomic E-state index is 12.0. The van der Waals surface area contributed by atoms with E-state index in [-0.39, 0.29) is 11.3 Å². The van der Waals surface area contributed by atoms with E-state index < -0.39 is 24.3 Å². The smallest absolute Gasteiger partial charge is 0.404 e. The molecule has 0 spiro atoms. The first-order valence-electron chi connectivity index (χ1n) is 4.65. The van der Waals surface area contributed by atoms with Gasteiger partial charge in [-0.1, -0.05) is 6.07 Å². The molecule has 0 heterocycles. The number of anilines is 1. The fourth-order valence-electron chi connectivity index (χ4n) is 1.22. The second kappa shape index (κ2) is 5.12. The van der Waals surface area contributed by atoms with E-state index in [0.29, 0.717) is 0 Å². The number of aliphatic hydroxyl groups is 2. The van der Waals surface area contributed by atoms with Crippen molar-refractivity contribution in [3.8, 4) is 11.8 Å². The van der Waals surface area contributed by atoms with Gasteiger partial charge in [0.2, 0.25) is 0 Å². The van der Waals surface area contributed by atoms with Crippen LogP contribution >= 0.6 is 0 Å². The number of nitrogens with two attached hydrogens (primary N) is 1. The van der Waals surface area contributed by atoms with E-state index in [1.54, 1.807) is 0 Å². The van der Waals surface area contributed by atoms with Crippen LogP contribution in [0, 0.1) is 11.3 Å². The molecule has 18 heavy (non-hydrogen) atoms. The zero-order chi connectivity index (χ0) is 13.9. The van der Waals surface area contributed by atoms with Crippen LogP contribution in [0.2, 0.25) is 0 Å². The standard InChI is InChI=1S/C10H9F3N2O3/c11-10(12,13)18-8-2-1-5(3-6(8)15)9(17)7(16)4-14/h1-3,7,9,16-17H,15H2. The van der Waals surface area contributed by atoms with Gasteiger partial charge in [0.15, 0.2) is 11.9 Å². The molecule has 5 nitrogen and oxygen atoms in total. The summed E-state index contributed by atoms with van der Waals surface area (Å²) in [5.41, 5.74) is 4.95. The lowest BCUT2D eigenvalue weighted by molar-refractivity contribution is -0.274. The average Bonchev–Trinajstić information content (AvgIpc) is 2.28. The van der Waals surface area contributed by atoms with Gasteiger partial charge in [0, 0.05) is 0 Å². The Morgan fingerprint density at radius 1 is 1.33 bits per heavy atom. The Labute approximate surface area is 99.8 Å². The zero-order valence-electron chi connectivity index (χ0n) is 8.85. The molecule has 0 bridgehead atoms. The summed E-state index contributed by atoms with van der Waals surface area (Å²) in [4.78, 5) is 0. The molecule has 2 atom stereocenters. The highest BCUT2D eigenvalue weighted by molar-refractivity contribution is 5.54. The van der Waals surface area contributed by atoms with Crippen molar-refractivity contribution in [3.05, 3.63) is 23.8 Å². The van der Waals surface area contributed by atoms with Crippen LogP contribution in [0.3, 0.4) is 0 Å². The van der Waals surface area contributed by atoms with Gasteiger partial charge in [0.1, 0.15) is 6.10 Å². The normalized spacial score (nSPS) is 14.7. The Kier molecular flexibility index (Phi) is 4.00. The first kappa shape index (κ1) is 14.1. The number of nitrogen functional groups attached to an aromatic ring is 1. The molecule has 98 valence electrons. The lowest BCUT2D eigenvalue weighted by Crippen LogP contribution is -2.19. The predicted molar refractivity (Wildman–Crippen MR) is 54.1 cm³/mol. The molecule has 0 aliphatic rings. The van der Waals surface area contributed by atoms with Crippen LogP contribution in [-0.4, -0.2) is 22.7 Å². The summed E-state index contributed by atoms with van der Waals surface area (Å²) in [7, 11) is 0. The third-order valence-corrected chi connectivity index (χ3v) is 2.03. The number of hydrogen-bond donors (Lipinski definition) is 3. The fraction of sp³-hybridized carbons (Fsp3) is 0.300. The van der Waals surface area contributed by atoms with Gasteiger partial charge in [-0.15, -0.1) is 13.2 Å². The monoisotopic (exact) mass is 262 g/mol. The summed E-state index contributed by atoms with van der Waals surface area (Å²) in [6.45, 7) is 0. The molecule has 0 amide bonds. The van der Waals surface area contributed by atoms with E-state index in [1.165, 1.54) is 6.07 Å². The van der Waals surface area contributed by atoms with Gasteiger partial charge in [0.25, 0.3) is 0 Å². The molecule has 1 aromatic carbocycles. The molecule has 0 saturated carbocycles. The van der Waals surface area contributed by atoms with Crippen molar-refractivity contribution in [2.75, 3.05) is 5.73 Å². The van der Waals surface area contributed by atoms with Crippen molar-refractivity contribution in [1.82, 2.24) is 0 Å². The van der Waals surface area contributed by atoms with E-state index >= 15 is 0 Å². The molecule has 1 rings (SSSR count). The Morgan fingerprint density at radius 3 is 2.39 bits per heavy atom. The maximum atomic E-state index is 12.0. The molecule has 8 heteroatoms. The number of aliphatic hydroxyl groups excluding tert-OH is 2. The third-order valence-electron chi connectivity index (χ3n) is 2.03. The molecule has 0 aliphatic heterocycles. The summed E-state index contributed by atoms with van der Waals surface area (Å²) < 4.78 is 39.5. The highest BCUT2D eigenvalue weighted by Crippen LogP contribution is 2.31. The Morgan fingerprint density at radius 2 is 1.94 bits per heavy atom. The van der Waals surface area contributed by atoms with Crippen LogP contribution in [0.5, 0.6) is 5.75 Å². The maximum Gasteiger partial charge on any atom is 0.573 e. The Hall–Kier alpha value is -1.98. The van der Waals surface area contributed by atoms with Gasteiger partial charge < -0.3 is 20.7 Å². The minimum absolute atomic E-state index is 0.0103. The predicted octanol–water partition coefficient (Wildman–Crippen LogP) is 1.09. The van der Waals surface area contributed by atoms with Crippen LogP contribution in [0.4, 0.5) is 18.9 Å². The summed E-state index contributed by atoms with van der Waals surface area (Å²) in [5, 5.41) is 26.9. The number of halogens is 3. The van der Waals surface area contributed by atoms with Crippen molar-refractivity contribution in [3.63, 3.8) is 0 Å². The minimum Gasteiger partial charge on any atom is -0.404 e. The summed E-state index contributed by atoms with van der Waals surface area (Å²) in [6.07, 6.45) is -8.13. The van der Waals surface area contributed by atoms with E-state index in [0.717, 1.165) is 18.2 Å². The number of alkyl halides is 3. The summed E-state index contributed by atoms with van der Waals surface area (Å²) >= 11 is 0. The Bertz CT molecular complexity index is 470. The van der Waals surface area contributed by atoms with Crippen LogP contribution in [0.1, 0.15) is 11.7 Å². The van der Waals surface area contributed by atoms with Crippen LogP contribution in [0.25, 0.3) is 0 Å². The molecule has 2 unspecified atom stereocenters. The summed E-state index contributed by atoms with van der Waals surface area (Å²) in [6, 6.07) is 4.35. The highest BCUT2D eigenvalue weighted by Gasteiger charge is 2.32. The number of benzene rings is 1. The number of nitriles is 1. The van der Waals surface area contributed by atoms with Gasteiger partial charge in [-0.2, -0.15) is 5.26 Å². The number of rotatable bonds is 3. The van der Waals surface area contributed by atoms with E-state index in [4.69, 9.17) is 16.1 Å². The molecule has 0 saturated heterocycles. The number of ether oxygens (including phenoxy) is 1. The SMILES string of the molecule is N#CC(O)C(O)c1ccc(OC(F)(F)F)c(N)c1. The quantitative estimate of drug-likeness (QED) is 0.559. The first-order valence-corrected chi connectivity index (χ1v) is 4.65. The second-order valence-electron chi connectivity index (χ2n) is 3.36. The highest BCUT2D eigenvalue weighted by atomic mass is 19.4. The van der Waals surface area contributed by atoms with Crippen molar-refractivity contribution < 1.29 is 28.1 Å². The van der Waals surface area contributed by atoms with E-state index in [9.17, 15) is 18.3 Å². The molecular formula is C10H9F3N2O3. The topological polar surface area (TPSA) is 99.5 Å². The number of hydrogen-bond acceptors (Lipinski definition) is 5. The van der Waals surface area contributed by atoms with Crippen LogP contribution < -0.4 is 10.5 Å². The molecule has 4 N–H and O–H groups in total. The first-order chi connectivity index (χ1) is 8.24. The average molecular weight is 262 g/mol.